The van der Waals surface area contributed by atoms with E-state index in [1.807, 2.05) is 54.0 Å². The van der Waals surface area contributed by atoms with Gasteiger partial charge in [0.2, 0.25) is 0 Å². The molecule has 33 heavy (non-hydrogen) atoms. The van der Waals surface area contributed by atoms with E-state index in [1.54, 1.807) is 7.11 Å². The highest BCUT2D eigenvalue weighted by atomic mass is 32.1. The molecule has 0 spiro atoms. The Balaban J connectivity index is 1.66. The van der Waals surface area contributed by atoms with Crippen LogP contribution >= 0.6 is 11.3 Å². The molecule has 2 aliphatic rings. The molecule has 0 fully saturated rings. The Bertz CT molecular complexity index is 1600. The van der Waals surface area contributed by atoms with Crippen molar-refractivity contribution in [3.8, 4) is 5.75 Å². The maximum atomic E-state index is 13.7. The normalized spacial score (nSPS) is 17.3. The highest BCUT2D eigenvalue weighted by Crippen LogP contribution is 2.43. The van der Waals surface area contributed by atoms with Crippen molar-refractivity contribution >= 4 is 23.1 Å². The first-order valence-electron chi connectivity index (χ1n) is 11.0. The zero-order valence-electron chi connectivity index (χ0n) is 18.4. The first kappa shape index (κ1) is 20.0. The Labute approximate surface area is 194 Å². The number of fused-ring (bicyclic) bond motifs is 3. The number of nitrogens with zero attached hydrogens (tertiary/aromatic N) is 2. The lowest BCUT2D eigenvalue weighted by Gasteiger charge is -2.31. The fraction of sp³-hybridized carbons (Fsp3) is 0.185. The number of ether oxygens (including phenoxy) is 1. The van der Waals surface area contributed by atoms with Crippen LogP contribution in [0.4, 0.5) is 0 Å². The number of allylic oxidation sites excluding steroid dienone is 1. The first-order chi connectivity index (χ1) is 16.1. The third-order valence-corrected chi connectivity index (χ3v) is 7.32. The first-order valence-corrected chi connectivity index (χ1v) is 11.8. The number of rotatable bonds is 3. The molecule has 0 saturated heterocycles. The van der Waals surface area contributed by atoms with Gasteiger partial charge < -0.3 is 9.15 Å². The lowest BCUT2D eigenvalue weighted by Crippen LogP contribution is -2.38. The van der Waals surface area contributed by atoms with Crippen molar-refractivity contribution in [3.63, 3.8) is 0 Å². The van der Waals surface area contributed by atoms with Crippen molar-refractivity contribution < 1.29 is 9.15 Å². The van der Waals surface area contributed by atoms with Crippen molar-refractivity contribution in [2.45, 2.75) is 25.8 Å². The molecule has 0 N–H and O–H groups in total. The Morgan fingerprint density at radius 3 is 2.73 bits per heavy atom. The van der Waals surface area contributed by atoms with Gasteiger partial charge in [-0.05, 0) is 49.1 Å². The summed E-state index contributed by atoms with van der Waals surface area (Å²) in [6, 6.07) is 19.9. The van der Waals surface area contributed by atoms with Crippen LogP contribution in [0.1, 0.15) is 40.7 Å². The van der Waals surface area contributed by atoms with Crippen LogP contribution in [-0.2, 0) is 6.42 Å². The molecule has 0 saturated carbocycles. The highest BCUT2D eigenvalue weighted by molar-refractivity contribution is 7.07. The zero-order chi connectivity index (χ0) is 22.5. The predicted octanol–water partition coefficient (Wildman–Crippen LogP) is 4.23. The van der Waals surface area contributed by atoms with E-state index in [-0.39, 0.29) is 11.6 Å². The predicted molar refractivity (Wildman–Crippen MR) is 129 cm³/mol. The van der Waals surface area contributed by atoms with Gasteiger partial charge in [0.1, 0.15) is 17.3 Å². The van der Waals surface area contributed by atoms with Gasteiger partial charge in [-0.15, -0.1) is 0 Å². The molecule has 164 valence electrons. The molecule has 5 nitrogen and oxygen atoms in total. The van der Waals surface area contributed by atoms with E-state index in [4.69, 9.17) is 14.1 Å². The van der Waals surface area contributed by atoms with Crippen LogP contribution in [0.5, 0.6) is 5.75 Å². The lowest BCUT2D eigenvalue weighted by atomic mass is 9.83. The number of methoxy groups -OCH3 is 1. The van der Waals surface area contributed by atoms with Gasteiger partial charge in [-0.2, -0.15) is 0 Å². The minimum Gasteiger partial charge on any atom is -0.496 e. The van der Waals surface area contributed by atoms with Crippen molar-refractivity contribution in [1.82, 2.24) is 4.57 Å². The Morgan fingerprint density at radius 1 is 1.09 bits per heavy atom. The Hall–Kier alpha value is -3.64. The average molecular weight is 455 g/mol. The molecule has 3 heterocycles. The number of hydrogen-bond acceptors (Lipinski definition) is 5. The van der Waals surface area contributed by atoms with E-state index in [9.17, 15) is 4.79 Å². The second-order valence-corrected chi connectivity index (χ2v) is 9.31. The number of aromatic nitrogens is 1. The van der Waals surface area contributed by atoms with Gasteiger partial charge in [-0.1, -0.05) is 53.8 Å². The second-order valence-electron chi connectivity index (χ2n) is 8.30. The SMILES string of the molecule is COc1ccccc1[C@@H]1C2=C(N=c3s/c(=C/c4ccc(C)o4)c(=O)n31)c1ccccc1CC2. The molecule has 0 bridgehead atoms. The Kier molecular flexibility index (Phi) is 4.69. The van der Waals surface area contributed by atoms with Crippen molar-refractivity contribution in [3.05, 3.63) is 114 Å². The standard InChI is InChI=1S/C27H22N2O3S/c1-16-11-13-18(32-16)15-23-26(30)29-25(20-9-5-6-10-22(20)31-2)21-14-12-17-7-3-4-8-19(17)24(21)28-27(29)33-23/h3-11,13,15,25H,12,14H2,1-2H3/b23-15+/t25-/m1/s1. The van der Waals surface area contributed by atoms with Crippen LogP contribution < -0.4 is 19.6 Å². The third-order valence-electron chi connectivity index (χ3n) is 6.34. The van der Waals surface area contributed by atoms with Crippen molar-refractivity contribution in [1.29, 1.82) is 0 Å². The molecule has 0 unspecified atom stereocenters. The van der Waals surface area contributed by atoms with Gasteiger partial charge in [0, 0.05) is 17.2 Å². The zero-order valence-corrected chi connectivity index (χ0v) is 19.2. The van der Waals surface area contributed by atoms with Crippen LogP contribution in [-0.4, -0.2) is 11.7 Å². The van der Waals surface area contributed by atoms with Crippen LogP contribution in [0, 0.1) is 6.92 Å². The minimum absolute atomic E-state index is 0.0610. The molecule has 1 aliphatic carbocycles. The number of aryl methyl sites for hydroxylation is 2. The van der Waals surface area contributed by atoms with Gasteiger partial charge in [0.05, 0.1) is 23.4 Å². The van der Waals surface area contributed by atoms with E-state index in [1.165, 1.54) is 16.9 Å². The van der Waals surface area contributed by atoms with Crippen molar-refractivity contribution in [2.75, 3.05) is 7.11 Å². The van der Waals surface area contributed by atoms with E-state index in [0.29, 0.717) is 15.1 Å². The average Bonchev–Trinajstić information content (AvgIpc) is 3.40. The molecule has 2 aromatic carbocycles. The summed E-state index contributed by atoms with van der Waals surface area (Å²) in [5.74, 6) is 2.25. The summed E-state index contributed by atoms with van der Waals surface area (Å²) in [5, 5.41) is 0. The molecule has 6 rings (SSSR count). The van der Waals surface area contributed by atoms with Gasteiger partial charge in [-0.3, -0.25) is 9.36 Å². The van der Waals surface area contributed by atoms with E-state index in [0.717, 1.165) is 46.7 Å². The van der Waals surface area contributed by atoms with Gasteiger partial charge in [0.25, 0.3) is 5.56 Å². The van der Waals surface area contributed by atoms with Crippen LogP contribution in [0.15, 0.2) is 80.4 Å². The molecule has 2 aromatic heterocycles. The summed E-state index contributed by atoms with van der Waals surface area (Å²) in [7, 11) is 1.67. The van der Waals surface area contributed by atoms with Gasteiger partial charge >= 0.3 is 0 Å². The van der Waals surface area contributed by atoms with Gasteiger partial charge in [0.15, 0.2) is 4.80 Å². The number of thiazole rings is 1. The summed E-state index contributed by atoms with van der Waals surface area (Å²) in [5.41, 5.74) is 5.50. The number of hydrogen-bond donors (Lipinski definition) is 0. The molecule has 4 aromatic rings. The summed E-state index contributed by atoms with van der Waals surface area (Å²) in [4.78, 5) is 19.4. The molecular weight excluding hydrogens is 432 g/mol. The number of para-hydroxylation sites is 1. The summed E-state index contributed by atoms with van der Waals surface area (Å²) >= 11 is 1.40. The van der Waals surface area contributed by atoms with Crippen LogP contribution in [0.3, 0.4) is 0 Å². The third kappa shape index (κ3) is 3.21. The van der Waals surface area contributed by atoms with E-state index < -0.39 is 0 Å². The quantitative estimate of drug-likeness (QED) is 0.466. The number of benzene rings is 2. The monoisotopic (exact) mass is 454 g/mol. The second kappa shape index (κ2) is 7.74. The van der Waals surface area contributed by atoms with E-state index >= 15 is 0 Å². The molecule has 1 aliphatic heterocycles. The molecular formula is C27H22N2O3S. The van der Waals surface area contributed by atoms with Crippen LogP contribution in [0.25, 0.3) is 11.8 Å². The number of furan rings is 1. The van der Waals surface area contributed by atoms with E-state index in [2.05, 4.69) is 24.3 Å². The fourth-order valence-corrected chi connectivity index (χ4v) is 5.83. The summed E-state index contributed by atoms with van der Waals surface area (Å²) in [6.45, 7) is 1.89. The summed E-state index contributed by atoms with van der Waals surface area (Å²) < 4.78 is 13.9. The lowest BCUT2D eigenvalue weighted by molar-refractivity contribution is 0.402. The maximum Gasteiger partial charge on any atom is 0.271 e. The molecule has 6 heteroatoms. The summed E-state index contributed by atoms with van der Waals surface area (Å²) in [6.07, 6.45) is 3.58. The smallest absolute Gasteiger partial charge is 0.271 e. The topological polar surface area (TPSA) is 56.7 Å². The van der Waals surface area contributed by atoms with Crippen LogP contribution in [0.2, 0.25) is 0 Å². The van der Waals surface area contributed by atoms with Crippen molar-refractivity contribution in [2.24, 2.45) is 4.99 Å². The molecule has 0 amide bonds. The Morgan fingerprint density at radius 2 is 1.91 bits per heavy atom. The molecule has 0 radical (unpaired) electrons. The molecule has 1 atom stereocenters. The highest BCUT2D eigenvalue weighted by Gasteiger charge is 2.33. The minimum atomic E-state index is -0.263. The largest absolute Gasteiger partial charge is 0.496 e. The maximum absolute atomic E-state index is 13.7. The fourth-order valence-electron chi connectivity index (χ4n) is 4.85. The van der Waals surface area contributed by atoms with Gasteiger partial charge in [-0.25, -0.2) is 4.99 Å².